The van der Waals surface area contributed by atoms with Crippen molar-refractivity contribution in [1.82, 2.24) is 0 Å². The zero-order valence-corrected chi connectivity index (χ0v) is 11.0. The third-order valence-corrected chi connectivity index (χ3v) is 2.85. The van der Waals surface area contributed by atoms with E-state index in [0.717, 1.165) is 0 Å². The maximum Gasteiger partial charge on any atom is 0.250 e. The molecule has 0 spiro atoms. The molecule has 0 aromatic heterocycles. The second-order valence-electron chi connectivity index (χ2n) is 4.32. The Bertz CT molecular complexity index is 474. The molecule has 5 nitrogen and oxygen atoms in total. The molecule has 1 aromatic carbocycles. The topological polar surface area (TPSA) is 98.2 Å². The number of benzene rings is 1. The minimum Gasteiger partial charge on any atom is -0.366 e. The molecule has 1 rings (SSSR count). The molecule has 0 radical (unpaired) electrons. The van der Waals surface area contributed by atoms with E-state index in [0.29, 0.717) is 5.69 Å². The summed E-state index contributed by atoms with van der Waals surface area (Å²) >= 11 is 5.80. The van der Waals surface area contributed by atoms with Crippen molar-refractivity contribution in [3.8, 4) is 0 Å². The lowest BCUT2D eigenvalue weighted by molar-refractivity contribution is -0.118. The second kappa shape index (κ2) is 5.84. The Morgan fingerprint density at radius 3 is 2.44 bits per heavy atom. The Morgan fingerprint density at radius 2 is 1.94 bits per heavy atom. The second-order valence-corrected chi connectivity index (χ2v) is 4.73. The molecule has 1 atom stereocenters. The van der Waals surface area contributed by atoms with Crippen molar-refractivity contribution in [2.24, 2.45) is 17.4 Å². The molecule has 2 amide bonds. The van der Waals surface area contributed by atoms with E-state index in [2.05, 4.69) is 5.32 Å². The number of rotatable bonds is 4. The first-order chi connectivity index (χ1) is 8.32. The van der Waals surface area contributed by atoms with Crippen molar-refractivity contribution in [3.63, 3.8) is 0 Å². The van der Waals surface area contributed by atoms with Crippen LogP contribution in [0.15, 0.2) is 18.2 Å². The van der Waals surface area contributed by atoms with Crippen LogP contribution in [-0.4, -0.2) is 17.9 Å². The molecular weight excluding hydrogens is 254 g/mol. The fourth-order valence-corrected chi connectivity index (χ4v) is 1.53. The van der Waals surface area contributed by atoms with Crippen molar-refractivity contribution in [2.75, 3.05) is 5.32 Å². The van der Waals surface area contributed by atoms with Gasteiger partial charge in [0, 0.05) is 5.69 Å². The molecule has 98 valence electrons. The van der Waals surface area contributed by atoms with Gasteiger partial charge >= 0.3 is 0 Å². The van der Waals surface area contributed by atoms with Gasteiger partial charge in [0.1, 0.15) is 0 Å². The number of hydrogen-bond donors (Lipinski definition) is 3. The first kappa shape index (κ1) is 14.5. The lowest BCUT2D eigenvalue weighted by Crippen LogP contribution is -2.39. The van der Waals surface area contributed by atoms with Gasteiger partial charge in [-0.3, -0.25) is 9.59 Å². The van der Waals surface area contributed by atoms with E-state index in [-0.39, 0.29) is 22.4 Å². The van der Waals surface area contributed by atoms with Crippen LogP contribution in [0.2, 0.25) is 5.02 Å². The van der Waals surface area contributed by atoms with Crippen LogP contribution < -0.4 is 16.8 Å². The molecular formula is C12H16ClN3O2. The first-order valence-corrected chi connectivity index (χ1v) is 5.86. The van der Waals surface area contributed by atoms with E-state index in [9.17, 15) is 9.59 Å². The van der Waals surface area contributed by atoms with Crippen molar-refractivity contribution in [3.05, 3.63) is 28.8 Å². The number of halogens is 1. The van der Waals surface area contributed by atoms with Gasteiger partial charge in [-0.05, 0) is 24.1 Å². The highest BCUT2D eigenvalue weighted by molar-refractivity contribution is 6.34. The average molecular weight is 270 g/mol. The Labute approximate surface area is 110 Å². The van der Waals surface area contributed by atoms with Crippen molar-refractivity contribution in [1.29, 1.82) is 0 Å². The molecule has 18 heavy (non-hydrogen) atoms. The normalized spacial score (nSPS) is 12.3. The zero-order valence-electron chi connectivity index (χ0n) is 10.2. The van der Waals surface area contributed by atoms with Crippen molar-refractivity contribution in [2.45, 2.75) is 19.9 Å². The van der Waals surface area contributed by atoms with E-state index in [1.807, 2.05) is 13.8 Å². The molecule has 0 unspecified atom stereocenters. The summed E-state index contributed by atoms with van der Waals surface area (Å²) in [4.78, 5) is 22.8. The number of hydrogen-bond acceptors (Lipinski definition) is 3. The smallest absolute Gasteiger partial charge is 0.250 e. The average Bonchev–Trinajstić information content (AvgIpc) is 2.29. The number of carbonyl (C=O) groups excluding carboxylic acids is 2. The fourth-order valence-electron chi connectivity index (χ4n) is 1.32. The highest BCUT2D eigenvalue weighted by Gasteiger charge is 2.17. The summed E-state index contributed by atoms with van der Waals surface area (Å²) in [6, 6.07) is 3.89. The molecule has 0 saturated heterocycles. The number of amides is 2. The van der Waals surface area contributed by atoms with Gasteiger partial charge in [0.25, 0.3) is 0 Å². The molecule has 0 aliphatic carbocycles. The molecule has 0 heterocycles. The maximum absolute atomic E-state index is 11.7. The summed E-state index contributed by atoms with van der Waals surface area (Å²) in [7, 11) is 0. The van der Waals surface area contributed by atoms with Crippen LogP contribution in [0.3, 0.4) is 0 Å². The molecule has 0 bridgehead atoms. The summed E-state index contributed by atoms with van der Waals surface area (Å²) in [5.41, 5.74) is 11.5. The Balaban J connectivity index is 2.89. The number of nitrogens with one attached hydrogen (secondary N) is 1. The van der Waals surface area contributed by atoms with Gasteiger partial charge in [-0.15, -0.1) is 0 Å². The molecule has 5 N–H and O–H groups in total. The van der Waals surface area contributed by atoms with E-state index >= 15 is 0 Å². The van der Waals surface area contributed by atoms with Crippen LogP contribution in [-0.2, 0) is 4.79 Å². The van der Waals surface area contributed by atoms with E-state index in [1.54, 1.807) is 6.07 Å². The van der Waals surface area contributed by atoms with Crippen molar-refractivity contribution >= 4 is 29.1 Å². The van der Waals surface area contributed by atoms with Crippen LogP contribution in [0.25, 0.3) is 0 Å². The zero-order chi connectivity index (χ0) is 13.9. The minimum absolute atomic E-state index is 0.0212. The van der Waals surface area contributed by atoms with Crippen LogP contribution in [0.1, 0.15) is 24.2 Å². The number of nitrogens with two attached hydrogens (primary N) is 2. The van der Waals surface area contributed by atoms with E-state index in [1.165, 1.54) is 12.1 Å². The Morgan fingerprint density at radius 1 is 1.33 bits per heavy atom. The van der Waals surface area contributed by atoms with Crippen molar-refractivity contribution < 1.29 is 9.59 Å². The predicted octanol–water partition coefficient (Wildman–Crippen LogP) is 1.36. The monoisotopic (exact) mass is 269 g/mol. The Hall–Kier alpha value is -1.59. The van der Waals surface area contributed by atoms with E-state index < -0.39 is 11.9 Å². The quantitative estimate of drug-likeness (QED) is 0.770. The molecule has 1 aromatic rings. The number of carbonyl (C=O) groups is 2. The third kappa shape index (κ3) is 3.45. The summed E-state index contributed by atoms with van der Waals surface area (Å²) in [5, 5.41) is 2.86. The molecule has 0 fully saturated rings. The summed E-state index contributed by atoms with van der Waals surface area (Å²) in [6.45, 7) is 3.70. The molecule has 6 heteroatoms. The minimum atomic E-state index is -0.649. The van der Waals surface area contributed by atoms with Gasteiger partial charge in [0.15, 0.2) is 0 Å². The fraction of sp³-hybridized carbons (Fsp3) is 0.333. The summed E-state index contributed by atoms with van der Waals surface area (Å²) < 4.78 is 0. The van der Waals surface area contributed by atoms with Crippen LogP contribution in [0, 0.1) is 5.92 Å². The molecule has 0 aliphatic rings. The number of anilines is 1. The highest BCUT2D eigenvalue weighted by atomic mass is 35.5. The SMILES string of the molecule is CC(C)[C@H](N)C(=O)Nc1ccc(Cl)c(C(N)=O)c1. The lowest BCUT2D eigenvalue weighted by atomic mass is 10.0. The van der Waals surface area contributed by atoms with Crippen LogP contribution >= 0.6 is 11.6 Å². The molecule has 0 aliphatic heterocycles. The van der Waals surface area contributed by atoms with Gasteiger partial charge in [-0.25, -0.2) is 0 Å². The summed E-state index contributed by atoms with van der Waals surface area (Å²) in [6.07, 6.45) is 0. The van der Waals surface area contributed by atoms with Gasteiger partial charge in [0.2, 0.25) is 11.8 Å². The number of primary amides is 1. The van der Waals surface area contributed by atoms with Gasteiger partial charge in [-0.1, -0.05) is 25.4 Å². The molecule has 0 saturated carbocycles. The highest BCUT2D eigenvalue weighted by Crippen LogP contribution is 2.20. The third-order valence-electron chi connectivity index (χ3n) is 2.52. The lowest BCUT2D eigenvalue weighted by Gasteiger charge is -2.15. The summed E-state index contributed by atoms with van der Waals surface area (Å²) in [5.74, 6) is -0.945. The van der Waals surface area contributed by atoms with E-state index in [4.69, 9.17) is 23.1 Å². The van der Waals surface area contributed by atoms with Gasteiger partial charge in [-0.2, -0.15) is 0 Å². The maximum atomic E-state index is 11.7. The van der Waals surface area contributed by atoms with Crippen LogP contribution in [0.5, 0.6) is 0 Å². The first-order valence-electron chi connectivity index (χ1n) is 5.48. The van der Waals surface area contributed by atoms with Gasteiger partial charge in [0.05, 0.1) is 16.6 Å². The van der Waals surface area contributed by atoms with Gasteiger partial charge < -0.3 is 16.8 Å². The largest absolute Gasteiger partial charge is 0.366 e. The van der Waals surface area contributed by atoms with Crippen LogP contribution in [0.4, 0.5) is 5.69 Å². The Kier molecular flexibility index (Phi) is 4.69. The predicted molar refractivity (Wildman–Crippen MR) is 71.4 cm³/mol. The standard InChI is InChI=1S/C12H16ClN3O2/c1-6(2)10(14)12(18)16-7-3-4-9(13)8(5-7)11(15)17/h3-6,10H,14H2,1-2H3,(H2,15,17)(H,16,18)/t10-/m0/s1.